The van der Waals surface area contributed by atoms with Gasteiger partial charge < -0.3 is 5.73 Å². The van der Waals surface area contributed by atoms with Crippen LogP contribution in [0.3, 0.4) is 0 Å². The fraction of sp³-hybridized carbons (Fsp3) is 0.462. The number of hydrogen-bond acceptors (Lipinski definition) is 2. The van der Waals surface area contributed by atoms with Crippen molar-refractivity contribution in [2.45, 2.75) is 34.1 Å². The fourth-order valence-electron chi connectivity index (χ4n) is 1.85. The van der Waals surface area contributed by atoms with E-state index in [0.29, 0.717) is 0 Å². The number of nitrogen functional groups attached to an aromatic ring is 1. The van der Waals surface area contributed by atoms with Gasteiger partial charge in [0.2, 0.25) is 0 Å². The maximum atomic E-state index is 6.10. The molecule has 0 spiro atoms. The summed E-state index contributed by atoms with van der Waals surface area (Å²) in [6.07, 6.45) is 2.89. The topological polar surface area (TPSA) is 43.3 Å². The first-order valence-corrected chi connectivity index (χ1v) is 5.60. The summed E-state index contributed by atoms with van der Waals surface area (Å²) < 4.78 is 1.95. The molecular formula is C13H19N3. The molecule has 0 radical (unpaired) electrons. The zero-order chi connectivity index (χ0) is 11.9. The Morgan fingerprint density at radius 2 is 2.06 bits per heavy atom. The van der Waals surface area contributed by atoms with Gasteiger partial charge in [0.05, 0.1) is 5.69 Å². The van der Waals surface area contributed by atoms with E-state index in [1.54, 1.807) is 0 Å². The Kier molecular flexibility index (Phi) is 2.41. The van der Waals surface area contributed by atoms with Crippen LogP contribution in [0.1, 0.15) is 32.0 Å². The minimum atomic E-state index is 0.209. The van der Waals surface area contributed by atoms with Gasteiger partial charge in [0.15, 0.2) is 0 Å². The number of rotatable bonds is 1. The van der Waals surface area contributed by atoms with Gasteiger partial charge in [-0.05, 0) is 36.5 Å². The minimum Gasteiger partial charge on any atom is -0.383 e. The molecule has 3 nitrogen and oxygen atoms in total. The normalized spacial score (nSPS) is 12.2. The van der Waals surface area contributed by atoms with Crippen molar-refractivity contribution in [1.29, 1.82) is 0 Å². The van der Waals surface area contributed by atoms with Crippen molar-refractivity contribution in [3.63, 3.8) is 0 Å². The fourth-order valence-corrected chi connectivity index (χ4v) is 1.85. The average Bonchev–Trinajstić information content (AvgIpc) is 2.40. The molecule has 0 unspecified atom stereocenters. The number of imidazole rings is 1. The molecule has 0 saturated carbocycles. The lowest BCUT2D eigenvalue weighted by Gasteiger charge is -2.16. The van der Waals surface area contributed by atoms with Crippen LogP contribution >= 0.6 is 0 Å². The first-order chi connectivity index (χ1) is 7.37. The highest BCUT2D eigenvalue weighted by Crippen LogP contribution is 2.24. The summed E-state index contributed by atoms with van der Waals surface area (Å²) >= 11 is 0. The van der Waals surface area contributed by atoms with E-state index in [4.69, 9.17) is 5.73 Å². The number of hydrogen-bond donors (Lipinski definition) is 1. The number of pyridine rings is 1. The smallest absolute Gasteiger partial charge is 0.138 e. The van der Waals surface area contributed by atoms with Crippen molar-refractivity contribution in [3.05, 3.63) is 29.6 Å². The summed E-state index contributed by atoms with van der Waals surface area (Å²) in [6.45, 7) is 8.65. The second-order valence-electron chi connectivity index (χ2n) is 5.61. The first-order valence-electron chi connectivity index (χ1n) is 5.60. The van der Waals surface area contributed by atoms with Crippen LogP contribution < -0.4 is 5.73 Å². The Balaban J connectivity index is 2.52. The van der Waals surface area contributed by atoms with Gasteiger partial charge in [-0.1, -0.05) is 20.8 Å². The third-order valence-electron chi connectivity index (χ3n) is 2.59. The molecule has 2 heterocycles. The van der Waals surface area contributed by atoms with E-state index < -0.39 is 0 Å². The number of fused-ring (bicyclic) bond motifs is 1. The largest absolute Gasteiger partial charge is 0.383 e. The Hall–Kier alpha value is -1.51. The highest BCUT2D eigenvalue weighted by molar-refractivity contribution is 5.54. The molecule has 0 amide bonds. The van der Waals surface area contributed by atoms with E-state index in [0.717, 1.165) is 23.6 Å². The van der Waals surface area contributed by atoms with Crippen LogP contribution in [0.5, 0.6) is 0 Å². The van der Waals surface area contributed by atoms with Gasteiger partial charge >= 0.3 is 0 Å². The highest BCUT2D eigenvalue weighted by atomic mass is 15.1. The molecule has 2 rings (SSSR count). The van der Waals surface area contributed by atoms with Gasteiger partial charge in [0.25, 0.3) is 0 Å². The SMILES string of the molecule is Cc1ccn2c(N)c(CC(C)(C)C)nc2c1. The van der Waals surface area contributed by atoms with Gasteiger partial charge in [-0.15, -0.1) is 0 Å². The Bertz CT molecular complexity index is 518. The van der Waals surface area contributed by atoms with E-state index in [2.05, 4.69) is 38.7 Å². The van der Waals surface area contributed by atoms with Gasteiger partial charge in [0.1, 0.15) is 11.5 Å². The van der Waals surface area contributed by atoms with Crippen molar-refractivity contribution < 1.29 is 0 Å². The highest BCUT2D eigenvalue weighted by Gasteiger charge is 2.17. The summed E-state index contributed by atoms with van der Waals surface area (Å²) in [5.74, 6) is 0.768. The van der Waals surface area contributed by atoms with Crippen molar-refractivity contribution in [1.82, 2.24) is 9.38 Å². The molecular weight excluding hydrogens is 198 g/mol. The predicted molar refractivity (Wildman–Crippen MR) is 67.5 cm³/mol. The third kappa shape index (κ3) is 2.03. The summed E-state index contributed by atoms with van der Waals surface area (Å²) in [7, 11) is 0. The van der Waals surface area contributed by atoms with E-state index in [1.165, 1.54) is 5.56 Å². The quantitative estimate of drug-likeness (QED) is 0.798. The van der Waals surface area contributed by atoms with Crippen LogP contribution in [0.4, 0.5) is 5.82 Å². The summed E-state index contributed by atoms with van der Waals surface area (Å²) in [4.78, 5) is 4.60. The molecule has 2 aromatic heterocycles. The van der Waals surface area contributed by atoms with Crippen molar-refractivity contribution in [2.75, 3.05) is 5.73 Å². The van der Waals surface area contributed by atoms with Crippen LogP contribution in [0.2, 0.25) is 0 Å². The third-order valence-corrected chi connectivity index (χ3v) is 2.59. The molecule has 86 valence electrons. The molecule has 0 atom stereocenters. The lowest BCUT2D eigenvalue weighted by atomic mass is 9.90. The van der Waals surface area contributed by atoms with E-state index in [1.807, 2.05) is 16.7 Å². The Morgan fingerprint density at radius 1 is 1.38 bits per heavy atom. The molecule has 0 aromatic carbocycles. The second-order valence-corrected chi connectivity index (χ2v) is 5.61. The zero-order valence-corrected chi connectivity index (χ0v) is 10.4. The summed E-state index contributed by atoms with van der Waals surface area (Å²) in [6, 6.07) is 4.11. The number of nitrogens with two attached hydrogens (primary N) is 1. The predicted octanol–water partition coefficient (Wildman–Crippen LogP) is 2.81. The number of nitrogens with zero attached hydrogens (tertiary/aromatic N) is 2. The molecule has 2 N–H and O–H groups in total. The molecule has 0 bridgehead atoms. The van der Waals surface area contributed by atoms with Crippen LogP contribution in [-0.2, 0) is 6.42 Å². The lowest BCUT2D eigenvalue weighted by Crippen LogP contribution is -2.11. The standard InChI is InChI=1S/C13H19N3/c1-9-5-6-16-11(7-9)15-10(12(16)14)8-13(2,3)4/h5-7H,8,14H2,1-4H3. The van der Waals surface area contributed by atoms with E-state index in [9.17, 15) is 0 Å². The molecule has 0 aliphatic rings. The van der Waals surface area contributed by atoms with E-state index in [-0.39, 0.29) is 5.41 Å². The first kappa shape index (κ1) is 11.0. The van der Waals surface area contributed by atoms with Crippen molar-refractivity contribution >= 4 is 11.5 Å². The van der Waals surface area contributed by atoms with Crippen molar-refractivity contribution in [2.24, 2.45) is 5.41 Å². The molecule has 0 fully saturated rings. The molecule has 0 aliphatic heterocycles. The maximum absolute atomic E-state index is 6.10. The Morgan fingerprint density at radius 3 is 2.69 bits per heavy atom. The Labute approximate surface area is 96.3 Å². The average molecular weight is 217 g/mol. The van der Waals surface area contributed by atoms with E-state index >= 15 is 0 Å². The number of aryl methyl sites for hydroxylation is 1. The zero-order valence-electron chi connectivity index (χ0n) is 10.4. The molecule has 0 aliphatic carbocycles. The number of anilines is 1. The maximum Gasteiger partial charge on any atom is 0.138 e. The number of aromatic nitrogens is 2. The molecule has 0 saturated heterocycles. The van der Waals surface area contributed by atoms with Gasteiger partial charge in [-0.3, -0.25) is 4.40 Å². The van der Waals surface area contributed by atoms with Crippen LogP contribution in [0, 0.1) is 12.3 Å². The van der Waals surface area contributed by atoms with Gasteiger partial charge in [-0.2, -0.15) is 0 Å². The molecule has 2 aromatic rings. The van der Waals surface area contributed by atoms with Gasteiger partial charge in [0, 0.05) is 6.20 Å². The van der Waals surface area contributed by atoms with Gasteiger partial charge in [-0.25, -0.2) is 4.98 Å². The van der Waals surface area contributed by atoms with Crippen LogP contribution in [0.15, 0.2) is 18.3 Å². The second kappa shape index (κ2) is 3.51. The van der Waals surface area contributed by atoms with Crippen LogP contribution in [-0.4, -0.2) is 9.38 Å². The minimum absolute atomic E-state index is 0.209. The summed E-state index contributed by atoms with van der Waals surface area (Å²) in [5.41, 5.74) is 9.45. The monoisotopic (exact) mass is 217 g/mol. The lowest BCUT2D eigenvalue weighted by molar-refractivity contribution is 0.408. The van der Waals surface area contributed by atoms with Crippen LogP contribution in [0.25, 0.3) is 5.65 Å². The molecule has 3 heteroatoms. The van der Waals surface area contributed by atoms with Crippen molar-refractivity contribution in [3.8, 4) is 0 Å². The summed E-state index contributed by atoms with van der Waals surface area (Å²) in [5, 5.41) is 0. The molecule has 16 heavy (non-hydrogen) atoms.